The van der Waals surface area contributed by atoms with Crippen molar-refractivity contribution < 1.29 is 23.6 Å². The number of carbonyl (C=O) groups is 3. The lowest BCUT2D eigenvalue weighted by Crippen LogP contribution is -2.63. The zero-order valence-electron chi connectivity index (χ0n) is 23.5. The maximum Gasteiger partial charge on any atom is 0.360 e. The normalized spacial score (nSPS) is 21.3. The molecule has 0 unspecified atom stereocenters. The molecule has 0 radical (unpaired) electrons. The smallest absolute Gasteiger partial charge is 0.360 e. The van der Waals surface area contributed by atoms with Crippen molar-refractivity contribution in [3.05, 3.63) is 119 Å². The summed E-state index contributed by atoms with van der Waals surface area (Å²) in [6.07, 6.45) is 1.73. The van der Waals surface area contributed by atoms with Gasteiger partial charge in [0.25, 0.3) is 0 Å². The van der Waals surface area contributed by atoms with E-state index in [2.05, 4.69) is 10.5 Å². The molecule has 2 amide bonds. The van der Waals surface area contributed by atoms with Gasteiger partial charge in [0.2, 0.25) is 11.8 Å². The molecule has 2 heterocycles. The van der Waals surface area contributed by atoms with E-state index in [-0.39, 0.29) is 23.9 Å². The molecule has 1 aliphatic carbocycles. The molecule has 6 rings (SSSR count). The van der Waals surface area contributed by atoms with Crippen molar-refractivity contribution in [1.29, 1.82) is 0 Å². The molecule has 1 saturated carbocycles. The Morgan fingerprint density at radius 1 is 1.00 bits per heavy atom. The molecule has 4 aromatic rings. The molecule has 1 aromatic heterocycles. The van der Waals surface area contributed by atoms with Crippen molar-refractivity contribution >= 4 is 23.5 Å². The number of anilines is 1. The summed E-state index contributed by atoms with van der Waals surface area (Å²) in [6.45, 7) is 2.10. The molecule has 214 valence electrons. The fraction of sp³-hybridized carbons (Fsp3) is 0.294. The second-order valence-corrected chi connectivity index (χ2v) is 11.1. The van der Waals surface area contributed by atoms with E-state index < -0.39 is 23.5 Å². The van der Waals surface area contributed by atoms with Crippen molar-refractivity contribution in [1.82, 2.24) is 10.5 Å². The van der Waals surface area contributed by atoms with Crippen molar-refractivity contribution in [3.8, 4) is 0 Å². The predicted molar refractivity (Wildman–Crippen MR) is 157 cm³/mol. The van der Waals surface area contributed by atoms with Gasteiger partial charge in [-0.2, -0.15) is 0 Å². The van der Waals surface area contributed by atoms with Gasteiger partial charge in [-0.25, -0.2) is 4.79 Å². The van der Waals surface area contributed by atoms with Gasteiger partial charge in [-0.3, -0.25) is 9.59 Å². The lowest BCUT2D eigenvalue weighted by Gasteiger charge is -2.44. The SMILES string of the molecule is Cc1cc(C(=O)O[C@H]2CCC[C@]3(C(=O)N(Cc4ccccc4)c4ccccc43)[C@H]2NC(=O)CCc2ccccc2)no1. The van der Waals surface area contributed by atoms with Gasteiger partial charge in [0.1, 0.15) is 17.3 Å². The molecule has 42 heavy (non-hydrogen) atoms. The lowest BCUT2D eigenvalue weighted by molar-refractivity contribution is -0.131. The molecule has 3 aromatic carbocycles. The molecule has 3 atom stereocenters. The van der Waals surface area contributed by atoms with Crippen LogP contribution in [0.5, 0.6) is 0 Å². The predicted octanol–water partition coefficient (Wildman–Crippen LogP) is 5.29. The van der Waals surface area contributed by atoms with Crippen LogP contribution >= 0.6 is 0 Å². The molecular weight excluding hydrogens is 530 g/mol. The first-order valence-electron chi connectivity index (χ1n) is 14.4. The number of aromatic nitrogens is 1. The summed E-state index contributed by atoms with van der Waals surface area (Å²) < 4.78 is 11.1. The molecule has 0 saturated heterocycles. The van der Waals surface area contributed by atoms with E-state index in [1.54, 1.807) is 11.8 Å². The van der Waals surface area contributed by atoms with Crippen molar-refractivity contribution in [2.24, 2.45) is 0 Å². The second kappa shape index (κ2) is 11.6. The number of carbonyl (C=O) groups excluding carboxylic acids is 3. The molecule has 2 aliphatic rings. The number of ether oxygens (including phenoxy) is 1. The summed E-state index contributed by atoms with van der Waals surface area (Å²) in [6, 6.07) is 28.2. The van der Waals surface area contributed by atoms with E-state index in [1.165, 1.54) is 6.07 Å². The molecule has 1 N–H and O–H groups in total. The molecule has 0 bridgehead atoms. The number of para-hydroxylation sites is 1. The highest BCUT2D eigenvalue weighted by molar-refractivity contribution is 6.09. The monoisotopic (exact) mass is 563 g/mol. The highest BCUT2D eigenvalue weighted by Crippen LogP contribution is 2.51. The number of nitrogens with zero attached hydrogens (tertiary/aromatic N) is 2. The Labute approximate surface area is 244 Å². The largest absolute Gasteiger partial charge is 0.455 e. The first kappa shape index (κ1) is 27.4. The number of benzene rings is 3. The summed E-state index contributed by atoms with van der Waals surface area (Å²) in [4.78, 5) is 43.1. The van der Waals surface area contributed by atoms with Crippen molar-refractivity contribution in [2.45, 2.75) is 63.1 Å². The van der Waals surface area contributed by atoms with E-state index >= 15 is 0 Å². The fourth-order valence-corrected chi connectivity index (χ4v) is 6.39. The Bertz CT molecular complexity index is 1580. The minimum absolute atomic E-state index is 0.0603. The molecule has 1 spiro atoms. The van der Waals surface area contributed by atoms with Crippen LogP contribution in [0, 0.1) is 6.92 Å². The Morgan fingerprint density at radius 3 is 2.40 bits per heavy atom. The number of rotatable bonds is 8. The lowest BCUT2D eigenvalue weighted by atomic mass is 9.65. The topological polar surface area (TPSA) is 102 Å². The molecule has 1 aliphatic heterocycles. The zero-order chi connectivity index (χ0) is 29.1. The summed E-state index contributed by atoms with van der Waals surface area (Å²) in [5.41, 5.74) is 2.68. The van der Waals surface area contributed by atoms with E-state index in [0.717, 1.165) is 22.4 Å². The number of nitrogens with one attached hydrogen (secondary N) is 1. The van der Waals surface area contributed by atoms with Crippen molar-refractivity contribution in [2.75, 3.05) is 4.90 Å². The summed E-state index contributed by atoms with van der Waals surface area (Å²) in [5, 5.41) is 7.00. The average molecular weight is 564 g/mol. The van der Waals surface area contributed by atoms with Crippen molar-refractivity contribution in [3.63, 3.8) is 0 Å². The Kier molecular flexibility index (Phi) is 7.61. The molecule has 8 nitrogen and oxygen atoms in total. The van der Waals surface area contributed by atoms with Crippen LogP contribution in [-0.2, 0) is 32.7 Å². The van der Waals surface area contributed by atoms with Crippen LogP contribution in [0.3, 0.4) is 0 Å². The maximum atomic E-state index is 14.6. The highest BCUT2D eigenvalue weighted by atomic mass is 16.5. The average Bonchev–Trinajstić information content (AvgIpc) is 3.55. The summed E-state index contributed by atoms with van der Waals surface area (Å²) in [7, 11) is 0. The number of hydrogen-bond acceptors (Lipinski definition) is 6. The van der Waals surface area contributed by atoms with E-state index in [1.807, 2.05) is 84.9 Å². The number of hydrogen-bond donors (Lipinski definition) is 1. The van der Waals surface area contributed by atoms with Gasteiger partial charge in [0.05, 0.1) is 12.6 Å². The van der Waals surface area contributed by atoms with Crippen LogP contribution in [0.25, 0.3) is 0 Å². The fourth-order valence-electron chi connectivity index (χ4n) is 6.39. The number of esters is 1. The van der Waals surface area contributed by atoms with Crippen LogP contribution in [0.2, 0.25) is 0 Å². The number of amides is 2. The third-order valence-corrected chi connectivity index (χ3v) is 8.34. The molecule has 1 fully saturated rings. The van der Waals surface area contributed by atoms with Crippen LogP contribution in [0.15, 0.2) is 95.5 Å². The first-order valence-corrected chi connectivity index (χ1v) is 14.4. The third-order valence-electron chi connectivity index (χ3n) is 8.34. The van der Waals surface area contributed by atoms with Crippen LogP contribution < -0.4 is 10.2 Å². The van der Waals surface area contributed by atoms with Gasteiger partial charge in [0.15, 0.2) is 5.69 Å². The van der Waals surface area contributed by atoms with E-state index in [4.69, 9.17) is 9.26 Å². The summed E-state index contributed by atoms with van der Waals surface area (Å²) in [5.74, 6) is -0.448. The van der Waals surface area contributed by atoms with Gasteiger partial charge >= 0.3 is 5.97 Å². The first-order chi connectivity index (χ1) is 20.5. The van der Waals surface area contributed by atoms with E-state index in [0.29, 0.717) is 38.0 Å². The third kappa shape index (κ3) is 5.20. The van der Waals surface area contributed by atoms with Gasteiger partial charge in [-0.15, -0.1) is 0 Å². The van der Waals surface area contributed by atoms with Gasteiger partial charge < -0.3 is 19.5 Å². The number of fused-ring (bicyclic) bond motifs is 2. The molecule has 8 heteroatoms. The standard InChI is InChI=1S/C34H33N3O5/c1-23-21-27(36-42-23)32(39)41-29-17-10-20-34(31(29)35-30(38)19-18-24-11-4-2-5-12-24)26-15-8-9-16-28(26)37(33(34)40)22-25-13-6-3-7-14-25/h2-9,11-16,21,29,31H,10,17-20,22H2,1H3,(H,35,38)/t29-,31-,34+/m0/s1. The van der Waals surface area contributed by atoms with Gasteiger partial charge in [-0.1, -0.05) is 84.0 Å². The zero-order valence-corrected chi connectivity index (χ0v) is 23.5. The summed E-state index contributed by atoms with van der Waals surface area (Å²) >= 11 is 0. The Morgan fingerprint density at radius 2 is 1.69 bits per heavy atom. The minimum atomic E-state index is -1.09. The molecular formula is C34H33N3O5. The van der Waals surface area contributed by atoms with Crippen LogP contribution in [-0.4, -0.2) is 35.1 Å². The van der Waals surface area contributed by atoms with Gasteiger partial charge in [-0.05, 0) is 55.4 Å². The van der Waals surface area contributed by atoms with Gasteiger partial charge in [0, 0.05) is 18.2 Å². The quantitative estimate of drug-likeness (QED) is 0.292. The number of aryl methyl sites for hydroxylation is 2. The Balaban J connectivity index is 1.35. The minimum Gasteiger partial charge on any atom is -0.455 e. The Hall–Kier alpha value is -4.72. The maximum absolute atomic E-state index is 14.6. The van der Waals surface area contributed by atoms with E-state index in [9.17, 15) is 14.4 Å². The second-order valence-electron chi connectivity index (χ2n) is 11.1. The van der Waals surface area contributed by atoms with Crippen LogP contribution in [0.1, 0.15) is 58.6 Å². The highest BCUT2D eigenvalue weighted by Gasteiger charge is 2.60. The van der Waals surface area contributed by atoms with Crippen LogP contribution in [0.4, 0.5) is 5.69 Å².